The van der Waals surface area contributed by atoms with Gasteiger partial charge in [-0.15, -0.1) is 0 Å². The van der Waals surface area contributed by atoms with Crippen molar-refractivity contribution in [3.63, 3.8) is 0 Å². The number of carbonyl (C=O) groups excluding carboxylic acids is 4. The number of aliphatic hydroxyl groups is 1. The highest BCUT2D eigenvalue weighted by Crippen LogP contribution is 2.36. The molecular weight excluding hydrogens is 1110 g/mol. The van der Waals surface area contributed by atoms with Crippen LogP contribution in [0, 0.1) is 0 Å². The van der Waals surface area contributed by atoms with Crippen molar-refractivity contribution in [1.29, 1.82) is 0 Å². The van der Waals surface area contributed by atoms with E-state index in [0.717, 1.165) is 52.3 Å². The van der Waals surface area contributed by atoms with E-state index < -0.39 is 8.32 Å². The predicted molar refractivity (Wildman–Crippen MR) is 343 cm³/mol. The van der Waals surface area contributed by atoms with Crippen molar-refractivity contribution < 1.29 is 38.2 Å². The zero-order chi connectivity index (χ0) is 61.0. The second kappa shape index (κ2) is 33.9. The molecule has 0 fully saturated rings. The van der Waals surface area contributed by atoms with Crippen LogP contribution in [0.4, 0.5) is 0 Å². The predicted octanol–water partition coefficient (Wildman–Crippen LogP) is 14.2. The van der Waals surface area contributed by atoms with Crippen LogP contribution < -0.4 is 26.2 Å². The van der Waals surface area contributed by atoms with Crippen molar-refractivity contribution >= 4 is 55.9 Å². The molecule has 0 spiro atoms. The average molecular weight is 1200 g/mol. The van der Waals surface area contributed by atoms with Crippen LogP contribution in [-0.2, 0) is 40.7 Å². The van der Waals surface area contributed by atoms with E-state index in [-0.39, 0.29) is 61.4 Å². The molecule has 0 saturated heterocycles. The Bertz CT molecular complexity index is 2960. The van der Waals surface area contributed by atoms with E-state index in [1.54, 1.807) is 35.3 Å². The van der Waals surface area contributed by atoms with Gasteiger partial charge in [-0.1, -0.05) is 149 Å². The first-order valence-electron chi connectivity index (χ1n) is 27.1. The Hall–Kier alpha value is -6.18. The van der Waals surface area contributed by atoms with Crippen molar-refractivity contribution in [2.45, 2.75) is 165 Å². The van der Waals surface area contributed by atoms with Gasteiger partial charge in [0.05, 0.1) is 33.6 Å². The molecule has 5 N–H and O–H groups in total. The molecule has 4 aromatic carbocycles. The molecule has 6 rings (SSSR count). The van der Waals surface area contributed by atoms with E-state index in [0.29, 0.717) is 70.8 Å². The first kappa shape index (κ1) is 74.8. The van der Waals surface area contributed by atoms with Crippen LogP contribution in [0.1, 0.15) is 166 Å². The topological polar surface area (TPSA) is 205 Å². The zero-order valence-electron chi connectivity index (χ0n) is 50.7. The molecule has 0 aliphatic carbocycles. The zero-order valence-corrected chi connectivity index (χ0v) is 53.2. The molecule has 0 bridgehead atoms. The minimum Gasteiger partial charge on any atom is -0.489 e. The third kappa shape index (κ3) is 24.1. The van der Waals surface area contributed by atoms with Crippen molar-refractivity contribution in [3.05, 3.63) is 141 Å². The van der Waals surface area contributed by atoms with Crippen LogP contribution in [0.5, 0.6) is 11.5 Å². The van der Waals surface area contributed by atoms with Crippen LogP contribution in [0.15, 0.2) is 97.3 Å². The summed E-state index contributed by atoms with van der Waals surface area (Å²) in [6.45, 7) is 33.1. The monoisotopic (exact) mass is 1200 g/mol. The molecule has 0 saturated carbocycles. The SMILES string of the molecule is C.C.CC(C)(C)[Si](C)(C)OCCC=O.CC(C)Oc1ccc(C(=O)NN(CCCO)Cc2ccc(-c3cn(C)c(C(C)(C)C)n3)cc2)cc1Cl.CC(C)Oc1ccc(C(=O)NN)cc1Cl.Cn1cc(-c2ccc(C=O)cc2)nc1C(C)(C)C. The molecule has 0 radical (unpaired) electrons. The fourth-order valence-corrected chi connectivity index (χ4v) is 9.14. The van der Waals surface area contributed by atoms with Gasteiger partial charge in [0, 0.05) is 97.9 Å². The molecule has 458 valence electrons. The summed E-state index contributed by atoms with van der Waals surface area (Å²) < 4.78 is 20.9. The number of halogens is 2. The van der Waals surface area contributed by atoms with E-state index >= 15 is 0 Å². The molecule has 16 nitrogen and oxygen atoms in total. The number of hydrogen-bond donors (Lipinski definition) is 4. The van der Waals surface area contributed by atoms with Crippen molar-refractivity contribution in [2.24, 2.45) is 19.9 Å². The third-order valence-corrected chi connectivity index (χ3v) is 17.8. The lowest BCUT2D eigenvalue weighted by molar-refractivity contribution is -0.108. The number of carbonyl (C=O) groups is 4. The lowest BCUT2D eigenvalue weighted by atomic mass is 9.96. The lowest BCUT2D eigenvalue weighted by Crippen LogP contribution is -2.42. The normalized spacial score (nSPS) is 11.4. The number of nitrogen functional groups attached to an aromatic ring is 1. The summed E-state index contributed by atoms with van der Waals surface area (Å²) in [7, 11) is 2.43. The summed E-state index contributed by atoms with van der Waals surface area (Å²) in [5.41, 5.74) is 11.5. The maximum atomic E-state index is 12.9. The maximum absolute atomic E-state index is 12.9. The Morgan fingerprint density at radius 3 is 1.49 bits per heavy atom. The summed E-state index contributed by atoms with van der Waals surface area (Å²) in [6.07, 6.45) is 6.91. The Morgan fingerprint density at radius 2 is 1.14 bits per heavy atom. The lowest BCUT2D eigenvalue weighted by Gasteiger charge is -2.35. The number of aldehydes is 2. The number of nitrogens with zero attached hydrogens (tertiary/aromatic N) is 5. The largest absolute Gasteiger partial charge is 0.489 e. The Kier molecular flexibility index (Phi) is 30.6. The molecule has 83 heavy (non-hydrogen) atoms. The van der Waals surface area contributed by atoms with Gasteiger partial charge in [0.25, 0.3) is 11.8 Å². The van der Waals surface area contributed by atoms with Crippen LogP contribution >= 0.6 is 23.2 Å². The van der Waals surface area contributed by atoms with Crippen molar-refractivity contribution in [3.8, 4) is 34.0 Å². The van der Waals surface area contributed by atoms with Gasteiger partial charge in [0.15, 0.2) is 8.32 Å². The Morgan fingerprint density at radius 1 is 0.711 bits per heavy atom. The number of imidazole rings is 2. The summed E-state index contributed by atoms with van der Waals surface area (Å²) in [6, 6.07) is 25.4. The number of ether oxygens (including phenoxy) is 2. The molecule has 0 unspecified atom stereocenters. The average Bonchev–Trinajstić information content (AvgIpc) is 3.68. The second-order valence-corrected chi connectivity index (χ2v) is 29.3. The van der Waals surface area contributed by atoms with E-state index in [4.69, 9.17) is 47.9 Å². The van der Waals surface area contributed by atoms with E-state index in [2.05, 4.69) is 95.0 Å². The van der Waals surface area contributed by atoms with Crippen LogP contribution in [-0.4, -0.2) is 93.9 Å². The van der Waals surface area contributed by atoms with E-state index in [1.807, 2.05) is 108 Å². The number of aromatic nitrogens is 4. The number of nitrogens with two attached hydrogens (primary N) is 1. The van der Waals surface area contributed by atoms with Crippen LogP contribution in [0.3, 0.4) is 0 Å². The number of nitrogens with one attached hydrogen (secondary N) is 2. The number of aliphatic hydroxyl groups excluding tert-OH is 1. The Balaban J connectivity index is 0.000000613. The van der Waals surface area contributed by atoms with Crippen molar-refractivity contribution in [1.82, 2.24) is 35.0 Å². The number of rotatable bonds is 19. The quantitative estimate of drug-likeness (QED) is 0.0149. The first-order valence-corrected chi connectivity index (χ1v) is 30.8. The van der Waals surface area contributed by atoms with E-state index in [9.17, 15) is 24.3 Å². The standard InChI is InChI=1S/C28H37ClN4O3.C15H18N2O.C10H13ClN2O2.C9H20O2Si.2CH4/c1-19(2)36-25-13-12-22(16-23(25)29)26(35)31-33(14-7-15-34)17-20-8-10-21(11-9-20)24-18-32(6)27(30-24)28(3,4)5;1-15(2,3)14-16-13(9-17(14)4)12-7-5-11(10-18)6-8-12;1-6(2)15-9-4-3-7(5-8(9)11)10(14)13-12;1-9(2,3)12(4,5)11-8-6-7-10;;/h8-13,16,18-19,34H,7,14-15,17H2,1-6H3,(H,31,35);5-10H,1-4H3;3-6H,12H2,1-2H3,(H,13,14);7H,6,8H2,1-5H3;2*1H4. The number of benzene rings is 4. The van der Waals surface area contributed by atoms with Gasteiger partial charge in [-0.2, -0.15) is 0 Å². The minimum atomic E-state index is -1.60. The smallest absolute Gasteiger partial charge is 0.265 e. The fraction of sp³-hybridized carbons (Fsp3) is 0.469. The maximum Gasteiger partial charge on any atom is 0.265 e. The number of hydrazine groups is 2. The minimum absolute atomic E-state index is 0. The molecule has 0 aliphatic rings. The number of aryl methyl sites for hydroxylation is 2. The third-order valence-electron chi connectivity index (χ3n) is 12.7. The van der Waals surface area contributed by atoms with Gasteiger partial charge >= 0.3 is 0 Å². The molecule has 19 heteroatoms. The van der Waals surface area contributed by atoms with E-state index in [1.165, 1.54) is 6.07 Å². The summed E-state index contributed by atoms with van der Waals surface area (Å²) >= 11 is 12.2. The van der Waals surface area contributed by atoms with Crippen LogP contribution in [0.25, 0.3) is 22.5 Å². The van der Waals surface area contributed by atoms with Gasteiger partial charge < -0.3 is 32.9 Å². The number of hydrogen-bond acceptors (Lipinski definition) is 12. The fourth-order valence-electron chi connectivity index (χ4n) is 7.63. The van der Waals surface area contributed by atoms with Gasteiger partial charge in [-0.25, -0.2) is 20.8 Å². The van der Waals surface area contributed by atoms with Crippen molar-refractivity contribution in [2.75, 3.05) is 19.8 Å². The van der Waals surface area contributed by atoms with Gasteiger partial charge in [-0.05, 0) is 94.2 Å². The highest BCUT2D eigenvalue weighted by molar-refractivity contribution is 6.74. The summed E-state index contributed by atoms with van der Waals surface area (Å²) in [5, 5.41) is 12.2. The van der Waals surface area contributed by atoms with Gasteiger partial charge in [-0.3, -0.25) is 25.2 Å². The molecule has 2 amide bonds. The molecule has 0 aliphatic heterocycles. The second-order valence-electron chi connectivity index (χ2n) is 23.7. The molecule has 2 aromatic heterocycles. The highest BCUT2D eigenvalue weighted by Gasteiger charge is 2.36. The summed E-state index contributed by atoms with van der Waals surface area (Å²) in [5.74, 6) is 7.53. The molecule has 6 aromatic rings. The van der Waals surface area contributed by atoms with Crippen LogP contribution in [0.2, 0.25) is 28.2 Å². The van der Waals surface area contributed by atoms with Gasteiger partial charge in [0.2, 0.25) is 0 Å². The van der Waals surface area contributed by atoms with Gasteiger partial charge in [0.1, 0.15) is 35.7 Å². The Labute approximate surface area is 506 Å². The number of amides is 2. The molecule has 0 atom stereocenters. The highest BCUT2D eigenvalue weighted by atomic mass is 35.5. The molecule has 2 heterocycles. The summed E-state index contributed by atoms with van der Waals surface area (Å²) in [4.78, 5) is 54.3. The molecular formula is C64H96Cl2N8O8Si. The first-order chi connectivity index (χ1) is 37.7.